The highest BCUT2D eigenvalue weighted by atomic mass is 35.5. The van der Waals surface area contributed by atoms with Crippen LogP contribution >= 0.6 is 22.9 Å². The smallest absolute Gasteiger partial charge is 0.258 e. The number of rotatable bonds is 3. The fraction of sp³-hybridized carbons (Fsp3) is 0. The number of aromatic nitrogens is 2. The van der Waals surface area contributed by atoms with Crippen molar-refractivity contribution in [3.8, 4) is 11.3 Å². The Labute approximate surface area is 175 Å². The largest absolute Gasteiger partial charge is 0.298 e. The molecule has 0 aliphatic rings. The van der Waals surface area contributed by atoms with Crippen LogP contribution < -0.4 is 5.32 Å². The molecule has 29 heavy (non-hydrogen) atoms. The SMILES string of the molecule is O=C(Nc1nc2ccc(Cl)cc2s1)c1cc(-c2ccccc2)nc2ccccc12. The predicted octanol–water partition coefficient (Wildman–Crippen LogP) is 6.42. The van der Waals surface area contributed by atoms with E-state index in [4.69, 9.17) is 16.6 Å². The average Bonchev–Trinajstić information content (AvgIpc) is 3.14. The number of anilines is 1. The van der Waals surface area contributed by atoms with E-state index < -0.39 is 0 Å². The number of fused-ring (bicyclic) bond motifs is 2. The molecule has 0 atom stereocenters. The van der Waals surface area contributed by atoms with Crippen molar-refractivity contribution in [1.82, 2.24) is 9.97 Å². The van der Waals surface area contributed by atoms with Crippen molar-refractivity contribution in [2.75, 3.05) is 5.32 Å². The maximum absolute atomic E-state index is 13.2. The summed E-state index contributed by atoms with van der Waals surface area (Å²) in [6.07, 6.45) is 0. The van der Waals surface area contributed by atoms with Gasteiger partial charge in [0.15, 0.2) is 5.13 Å². The van der Waals surface area contributed by atoms with Crippen molar-refractivity contribution >= 4 is 55.1 Å². The van der Waals surface area contributed by atoms with E-state index in [0.717, 1.165) is 32.4 Å². The molecule has 0 saturated carbocycles. The minimum Gasteiger partial charge on any atom is -0.298 e. The van der Waals surface area contributed by atoms with Crippen LogP contribution in [-0.2, 0) is 0 Å². The zero-order valence-electron chi connectivity index (χ0n) is 15.1. The van der Waals surface area contributed by atoms with Crippen molar-refractivity contribution in [2.45, 2.75) is 0 Å². The molecule has 0 radical (unpaired) electrons. The molecular formula is C23H14ClN3OS. The molecule has 1 amide bonds. The summed E-state index contributed by atoms with van der Waals surface area (Å²) in [5.41, 5.74) is 3.86. The Bertz CT molecular complexity index is 1360. The molecule has 0 aliphatic carbocycles. The second kappa shape index (κ2) is 7.28. The number of para-hydroxylation sites is 1. The van der Waals surface area contributed by atoms with Crippen molar-refractivity contribution in [1.29, 1.82) is 0 Å². The number of benzene rings is 3. The van der Waals surface area contributed by atoms with Gasteiger partial charge in [0.1, 0.15) is 0 Å². The van der Waals surface area contributed by atoms with Gasteiger partial charge in [0.2, 0.25) is 0 Å². The first-order chi connectivity index (χ1) is 14.2. The molecule has 0 spiro atoms. The third kappa shape index (κ3) is 3.46. The quantitative estimate of drug-likeness (QED) is 0.370. The molecule has 6 heteroatoms. The first-order valence-electron chi connectivity index (χ1n) is 9.00. The van der Waals surface area contributed by atoms with Gasteiger partial charge < -0.3 is 0 Å². The average molecular weight is 416 g/mol. The highest BCUT2D eigenvalue weighted by Crippen LogP contribution is 2.30. The van der Waals surface area contributed by atoms with Gasteiger partial charge in [0.25, 0.3) is 5.91 Å². The first kappa shape index (κ1) is 17.8. The second-order valence-corrected chi connectivity index (χ2v) is 7.99. The normalized spacial score (nSPS) is 11.1. The highest BCUT2D eigenvalue weighted by Gasteiger charge is 2.16. The van der Waals surface area contributed by atoms with Crippen molar-refractivity contribution in [3.05, 3.63) is 89.4 Å². The molecule has 2 aromatic heterocycles. The number of nitrogens with zero attached hydrogens (tertiary/aromatic N) is 2. The van der Waals surface area contributed by atoms with Gasteiger partial charge in [-0.3, -0.25) is 10.1 Å². The number of pyridine rings is 1. The summed E-state index contributed by atoms with van der Waals surface area (Å²) in [5, 5.41) is 4.92. The lowest BCUT2D eigenvalue weighted by Crippen LogP contribution is -2.13. The number of thiazole rings is 1. The van der Waals surface area contributed by atoms with E-state index in [1.54, 1.807) is 6.07 Å². The minimum atomic E-state index is -0.217. The van der Waals surface area contributed by atoms with Gasteiger partial charge in [0, 0.05) is 16.0 Å². The van der Waals surface area contributed by atoms with Crippen LogP contribution in [0.3, 0.4) is 0 Å². The summed E-state index contributed by atoms with van der Waals surface area (Å²) in [5.74, 6) is -0.217. The van der Waals surface area contributed by atoms with Crippen LogP contribution in [0.2, 0.25) is 5.02 Å². The maximum Gasteiger partial charge on any atom is 0.258 e. The van der Waals surface area contributed by atoms with E-state index in [9.17, 15) is 4.79 Å². The van der Waals surface area contributed by atoms with E-state index in [1.165, 1.54) is 11.3 Å². The van der Waals surface area contributed by atoms with Crippen LogP contribution in [0.25, 0.3) is 32.4 Å². The molecule has 140 valence electrons. The zero-order chi connectivity index (χ0) is 19.8. The number of nitrogens with one attached hydrogen (secondary N) is 1. The number of carbonyl (C=O) groups excluding carboxylic acids is 1. The summed E-state index contributed by atoms with van der Waals surface area (Å²) in [4.78, 5) is 22.4. The molecule has 5 aromatic rings. The van der Waals surface area contributed by atoms with Crippen LogP contribution in [0.4, 0.5) is 5.13 Å². The van der Waals surface area contributed by atoms with Crippen LogP contribution in [0.15, 0.2) is 78.9 Å². The van der Waals surface area contributed by atoms with Crippen molar-refractivity contribution in [2.24, 2.45) is 0 Å². The molecule has 4 nitrogen and oxygen atoms in total. The third-order valence-electron chi connectivity index (χ3n) is 4.60. The van der Waals surface area contributed by atoms with Gasteiger partial charge >= 0.3 is 0 Å². The molecule has 2 heterocycles. The molecule has 0 bridgehead atoms. The lowest BCUT2D eigenvalue weighted by atomic mass is 10.0. The predicted molar refractivity (Wildman–Crippen MR) is 120 cm³/mol. The van der Waals surface area contributed by atoms with E-state index in [0.29, 0.717) is 15.7 Å². The zero-order valence-corrected chi connectivity index (χ0v) is 16.7. The molecule has 0 saturated heterocycles. The lowest BCUT2D eigenvalue weighted by molar-refractivity contribution is 0.102. The van der Waals surface area contributed by atoms with Gasteiger partial charge in [-0.05, 0) is 30.3 Å². The Morgan fingerprint density at radius 3 is 2.52 bits per heavy atom. The fourth-order valence-corrected chi connectivity index (χ4v) is 4.37. The Morgan fingerprint density at radius 2 is 1.66 bits per heavy atom. The van der Waals surface area contributed by atoms with Gasteiger partial charge in [-0.2, -0.15) is 0 Å². The molecule has 3 aromatic carbocycles. The third-order valence-corrected chi connectivity index (χ3v) is 5.77. The topological polar surface area (TPSA) is 54.9 Å². The van der Waals surface area contributed by atoms with Gasteiger partial charge in [-0.1, -0.05) is 71.5 Å². The number of amides is 1. The molecule has 0 fully saturated rings. The van der Waals surface area contributed by atoms with Crippen LogP contribution in [-0.4, -0.2) is 15.9 Å². The van der Waals surface area contributed by atoms with Crippen LogP contribution in [0.1, 0.15) is 10.4 Å². The van der Waals surface area contributed by atoms with E-state index >= 15 is 0 Å². The molecule has 0 unspecified atom stereocenters. The number of halogens is 1. The van der Waals surface area contributed by atoms with Crippen molar-refractivity contribution < 1.29 is 4.79 Å². The van der Waals surface area contributed by atoms with E-state index in [2.05, 4.69) is 10.3 Å². The Kier molecular flexibility index (Phi) is 4.46. The standard InChI is InChI=1S/C23H14ClN3OS/c24-15-10-11-19-21(12-15)29-23(26-19)27-22(28)17-13-20(14-6-2-1-3-7-14)25-18-9-5-4-8-16(17)18/h1-13H,(H,26,27,28). The summed E-state index contributed by atoms with van der Waals surface area (Å²) >= 11 is 7.45. The molecule has 1 N–H and O–H groups in total. The number of hydrogen-bond donors (Lipinski definition) is 1. The van der Waals surface area contributed by atoms with E-state index in [-0.39, 0.29) is 5.91 Å². The Hall–Kier alpha value is -3.28. The molecular weight excluding hydrogens is 402 g/mol. The minimum absolute atomic E-state index is 0.217. The van der Waals surface area contributed by atoms with Crippen molar-refractivity contribution in [3.63, 3.8) is 0 Å². The first-order valence-corrected chi connectivity index (χ1v) is 10.2. The summed E-state index contributed by atoms with van der Waals surface area (Å²) < 4.78 is 0.928. The highest BCUT2D eigenvalue weighted by molar-refractivity contribution is 7.22. The molecule has 5 rings (SSSR count). The Balaban J connectivity index is 1.58. The lowest BCUT2D eigenvalue weighted by Gasteiger charge is -2.09. The maximum atomic E-state index is 13.2. The summed E-state index contributed by atoms with van der Waals surface area (Å²) in [6.45, 7) is 0. The summed E-state index contributed by atoms with van der Waals surface area (Å²) in [7, 11) is 0. The van der Waals surface area contributed by atoms with Gasteiger partial charge in [0.05, 0.1) is 27.0 Å². The fourth-order valence-electron chi connectivity index (χ4n) is 3.24. The molecule has 0 aliphatic heterocycles. The van der Waals surface area contributed by atoms with Gasteiger partial charge in [-0.25, -0.2) is 9.97 Å². The van der Waals surface area contributed by atoms with Crippen LogP contribution in [0, 0.1) is 0 Å². The summed E-state index contributed by atoms with van der Waals surface area (Å²) in [6, 6.07) is 24.8. The number of carbonyl (C=O) groups is 1. The number of hydrogen-bond acceptors (Lipinski definition) is 4. The Morgan fingerprint density at radius 1 is 0.862 bits per heavy atom. The van der Waals surface area contributed by atoms with Crippen LogP contribution in [0.5, 0.6) is 0 Å². The van der Waals surface area contributed by atoms with E-state index in [1.807, 2.05) is 72.8 Å². The van der Waals surface area contributed by atoms with Gasteiger partial charge in [-0.15, -0.1) is 0 Å². The monoisotopic (exact) mass is 415 g/mol. The second-order valence-electron chi connectivity index (χ2n) is 6.52.